The SMILES string of the molecule is NCC1CCN(C2CCCN(C3CC3)C2)C1. The van der Waals surface area contributed by atoms with Gasteiger partial charge in [-0.3, -0.25) is 9.80 Å². The molecule has 0 radical (unpaired) electrons. The van der Waals surface area contributed by atoms with Crippen molar-refractivity contribution in [3.8, 4) is 0 Å². The van der Waals surface area contributed by atoms with Gasteiger partial charge in [0.2, 0.25) is 0 Å². The molecular weight excluding hydrogens is 198 g/mol. The van der Waals surface area contributed by atoms with Crippen molar-refractivity contribution in [1.82, 2.24) is 9.80 Å². The van der Waals surface area contributed by atoms with Crippen molar-refractivity contribution in [1.29, 1.82) is 0 Å². The first-order valence-electron chi connectivity index (χ1n) is 7.05. The number of likely N-dealkylation sites (tertiary alicyclic amines) is 2. The molecule has 3 fully saturated rings. The molecule has 0 spiro atoms. The first kappa shape index (κ1) is 11.0. The quantitative estimate of drug-likeness (QED) is 0.771. The Morgan fingerprint density at radius 2 is 1.69 bits per heavy atom. The molecule has 3 nitrogen and oxygen atoms in total. The van der Waals surface area contributed by atoms with Crippen LogP contribution in [0, 0.1) is 5.92 Å². The zero-order valence-corrected chi connectivity index (χ0v) is 10.3. The van der Waals surface area contributed by atoms with Crippen LogP contribution in [0.3, 0.4) is 0 Å². The second-order valence-corrected chi connectivity index (χ2v) is 5.91. The molecule has 2 atom stereocenters. The summed E-state index contributed by atoms with van der Waals surface area (Å²) in [6, 6.07) is 1.79. The molecular formula is C13H25N3. The molecule has 1 saturated carbocycles. The van der Waals surface area contributed by atoms with E-state index in [-0.39, 0.29) is 0 Å². The fourth-order valence-electron chi connectivity index (χ4n) is 3.44. The van der Waals surface area contributed by atoms with Crippen LogP contribution >= 0.6 is 0 Å². The van der Waals surface area contributed by atoms with Crippen molar-refractivity contribution in [3.05, 3.63) is 0 Å². The molecule has 2 N–H and O–H groups in total. The molecule has 16 heavy (non-hydrogen) atoms. The van der Waals surface area contributed by atoms with Gasteiger partial charge in [0.05, 0.1) is 0 Å². The van der Waals surface area contributed by atoms with Crippen LogP contribution in [0.1, 0.15) is 32.1 Å². The third-order valence-corrected chi connectivity index (χ3v) is 4.66. The van der Waals surface area contributed by atoms with E-state index >= 15 is 0 Å². The lowest BCUT2D eigenvalue weighted by molar-refractivity contribution is 0.107. The summed E-state index contributed by atoms with van der Waals surface area (Å²) < 4.78 is 0. The van der Waals surface area contributed by atoms with Crippen LogP contribution in [0.15, 0.2) is 0 Å². The standard InChI is InChI=1S/C13H25N3/c14-8-11-5-7-16(9-11)13-2-1-6-15(10-13)12-3-4-12/h11-13H,1-10,14H2. The molecule has 2 aliphatic heterocycles. The van der Waals surface area contributed by atoms with E-state index in [0.29, 0.717) is 0 Å². The summed E-state index contributed by atoms with van der Waals surface area (Å²) in [7, 11) is 0. The van der Waals surface area contributed by atoms with Crippen molar-refractivity contribution in [2.75, 3.05) is 32.7 Å². The highest BCUT2D eigenvalue weighted by molar-refractivity contribution is 4.92. The Morgan fingerprint density at radius 1 is 0.875 bits per heavy atom. The molecule has 2 saturated heterocycles. The second kappa shape index (κ2) is 4.63. The van der Waals surface area contributed by atoms with Gasteiger partial charge in [-0.15, -0.1) is 0 Å². The number of rotatable bonds is 3. The largest absolute Gasteiger partial charge is 0.330 e. The molecule has 0 aromatic heterocycles. The van der Waals surface area contributed by atoms with Gasteiger partial charge >= 0.3 is 0 Å². The number of hydrogen-bond acceptors (Lipinski definition) is 3. The van der Waals surface area contributed by atoms with E-state index in [2.05, 4.69) is 9.80 Å². The topological polar surface area (TPSA) is 32.5 Å². The van der Waals surface area contributed by atoms with Gasteiger partial charge in [0, 0.05) is 25.2 Å². The highest BCUT2D eigenvalue weighted by Gasteiger charge is 2.35. The van der Waals surface area contributed by atoms with Gasteiger partial charge in [0.25, 0.3) is 0 Å². The van der Waals surface area contributed by atoms with Gasteiger partial charge in [-0.2, -0.15) is 0 Å². The lowest BCUT2D eigenvalue weighted by Crippen LogP contribution is -2.48. The maximum atomic E-state index is 5.77. The first-order valence-corrected chi connectivity index (χ1v) is 7.05. The van der Waals surface area contributed by atoms with Crippen molar-refractivity contribution in [2.45, 2.75) is 44.2 Å². The summed E-state index contributed by atoms with van der Waals surface area (Å²) in [5, 5.41) is 0. The zero-order valence-electron chi connectivity index (χ0n) is 10.3. The van der Waals surface area contributed by atoms with E-state index in [0.717, 1.165) is 24.5 Å². The molecule has 1 aliphatic carbocycles. The van der Waals surface area contributed by atoms with Crippen LogP contribution < -0.4 is 5.73 Å². The molecule has 3 rings (SSSR count). The van der Waals surface area contributed by atoms with Crippen molar-refractivity contribution >= 4 is 0 Å². The highest BCUT2D eigenvalue weighted by atomic mass is 15.3. The summed E-state index contributed by atoms with van der Waals surface area (Å²) >= 11 is 0. The monoisotopic (exact) mass is 223 g/mol. The molecule has 2 heterocycles. The molecule has 3 heteroatoms. The molecule has 2 unspecified atom stereocenters. The Kier molecular flexibility index (Phi) is 3.18. The Morgan fingerprint density at radius 3 is 2.38 bits per heavy atom. The van der Waals surface area contributed by atoms with Crippen molar-refractivity contribution in [2.24, 2.45) is 11.7 Å². The van der Waals surface area contributed by atoms with Gasteiger partial charge in [-0.1, -0.05) is 0 Å². The Hall–Kier alpha value is -0.120. The normalized spacial score (nSPS) is 38.1. The zero-order chi connectivity index (χ0) is 11.0. The van der Waals surface area contributed by atoms with Crippen LogP contribution in [0.4, 0.5) is 0 Å². The van der Waals surface area contributed by atoms with E-state index in [1.807, 2.05) is 0 Å². The Balaban J connectivity index is 1.53. The maximum Gasteiger partial charge on any atom is 0.0223 e. The average Bonchev–Trinajstić information content (AvgIpc) is 3.07. The minimum atomic E-state index is 0.774. The van der Waals surface area contributed by atoms with Crippen LogP contribution in [-0.2, 0) is 0 Å². The highest BCUT2D eigenvalue weighted by Crippen LogP contribution is 2.31. The van der Waals surface area contributed by atoms with E-state index in [1.54, 1.807) is 0 Å². The van der Waals surface area contributed by atoms with E-state index < -0.39 is 0 Å². The first-order chi connectivity index (χ1) is 7.86. The third-order valence-electron chi connectivity index (χ3n) is 4.66. The Labute approximate surface area is 99.0 Å². The van der Waals surface area contributed by atoms with Crippen molar-refractivity contribution in [3.63, 3.8) is 0 Å². The van der Waals surface area contributed by atoms with Crippen molar-refractivity contribution < 1.29 is 0 Å². The number of nitrogens with two attached hydrogens (primary N) is 1. The molecule has 0 aromatic carbocycles. The van der Waals surface area contributed by atoms with Gasteiger partial charge < -0.3 is 5.73 Å². The maximum absolute atomic E-state index is 5.77. The van der Waals surface area contributed by atoms with Gasteiger partial charge in [0.15, 0.2) is 0 Å². The predicted molar refractivity (Wildman–Crippen MR) is 66.4 cm³/mol. The Bertz CT molecular complexity index is 239. The molecule has 0 aromatic rings. The van der Waals surface area contributed by atoms with Crippen LogP contribution in [0.25, 0.3) is 0 Å². The minimum Gasteiger partial charge on any atom is -0.330 e. The summed E-state index contributed by atoms with van der Waals surface area (Å²) in [4.78, 5) is 5.45. The van der Waals surface area contributed by atoms with Crippen LogP contribution in [-0.4, -0.2) is 54.6 Å². The third kappa shape index (κ3) is 2.27. The fourth-order valence-corrected chi connectivity index (χ4v) is 3.44. The van der Waals surface area contributed by atoms with Gasteiger partial charge in [-0.25, -0.2) is 0 Å². The fraction of sp³-hybridized carbons (Fsp3) is 1.00. The van der Waals surface area contributed by atoms with E-state index in [1.165, 1.54) is 58.3 Å². The van der Waals surface area contributed by atoms with E-state index in [4.69, 9.17) is 5.73 Å². The van der Waals surface area contributed by atoms with E-state index in [9.17, 15) is 0 Å². The number of hydrogen-bond donors (Lipinski definition) is 1. The second-order valence-electron chi connectivity index (χ2n) is 5.91. The summed E-state index contributed by atoms with van der Waals surface area (Å²) in [5.74, 6) is 0.774. The summed E-state index contributed by atoms with van der Waals surface area (Å²) in [5.41, 5.74) is 5.77. The summed E-state index contributed by atoms with van der Waals surface area (Å²) in [6.45, 7) is 6.14. The average molecular weight is 223 g/mol. The van der Waals surface area contributed by atoms with Crippen LogP contribution in [0.5, 0.6) is 0 Å². The molecule has 0 bridgehead atoms. The van der Waals surface area contributed by atoms with Gasteiger partial charge in [0.1, 0.15) is 0 Å². The molecule has 92 valence electrons. The summed E-state index contributed by atoms with van der Waals surface area (Å²) in [6.07, 6.45) is 7.07. The predicted octanol–water partition coefficient (Wildman–Crippen LogP) is 0.894. The number of piperidine rings is 1. The van der Waals surface area contributed by atoms with Gasteiger partial charge in [-0.05, 0) is 57.7 Å². The lowest BCUT2D eigenvalue weighted by atomic mass is 10.0. The molecule has 3 aliphatic rings. The minimum absolute atomic E-state index is 0.774. The van der Waals surface area contributed by atoms with Crippen LogP contribution in [0.2, 0.25) is 0 Å². The number of nitrogens with zero attached hydrogens (tertiary/aromatic N) is 2. The smallest absolute Gasteiger partial charge is 0.0223 e. The molecule has 0 amide bonds. The lowest BCUT2D eigenvalue weighted by Gasteiger charge is -2.37.